The molecule has 0 aromatic heterocycles. The highest BCUT2D eigenvalue weighted by Gasteiger charge is 2.27. The summed E-state index contributed by atoms with van der Waals surface area (Å²) in [5, 5.41) is 0. The molecule has 0 aliphatic carbocycles. The Labute approximate surface area is 102 Å². The maximum atomic E-state index is 11.3. The molecule has 98 valence electrons. The van der Waals surface area contributed by atoms with Gasteiger partial charge in [-0.05, 0) is 25.9 Å². The number of nitrogens with zero attached hydrogens (tertiary/aromatic N) is 1. The lowest BCUT2D eigenvalue weighted by atomic mass is 9.96. The van der Waals surface area contributed by atoms with Gasteiger partial charge in [0.05, 0.1) is 26.1 Å². The molecular formula is C12H21NO4. The summed E-state index contributed by atoms with van der Waals surface area (Å²) in [5.41, 5.74) is 0. The van der Waals surface area contributed by atoms with Crippen molar-refractivity contribution in [2.45, 2.75) is 19.8 Å². The minimum Gasteiger partial charge on any atom is -0.469 e. The average Bonchev–Trinajstić information content (AvgIpc) is 2.37. The largest absolute Gasteiger partial charge is 0.469 e. The molecule has 0 amide bonds. The van der Waals surface area contributed by atoms with Crippen molar-refractivity contribution in [3.8, 4) is 0 Å². The van der Waals surface area contributed by atoms with E-state index in [4.69, 9.17) is 9.47 Å². The Hall–Kier alpha value is -1.10. The normalized spacial score (nSPS) is 19.7. The molecule has 1 aliphatic heterocycles. The van der Waals surface area contributed by atoms with Crippen LogP contribution in [-0.2, 0) is 19.1 Å². The number of hydrogen-bond donors (Lipinski definition) is 0. The molecule has 1 rings (SSSR count). The second-order valence-electron chi connectivity index (χ2n) is 4.52. The van der Waals surface area contributed by atoms with E-state index in [1.54, 1.807) is 0 Å². The zero-order chi connectivity index (χ0) is 12.8. The lowest BCUT2D eigenvalue weighted by Gasteiger charge is -2.31. The van der Waals surface area contributed by atoms with Crippen LogP contribution in [0.3, 0.4) is 0 Å². The van der Waals surface area contributed by atoms with Crippen LogP contribution in [0.1, 0.15) is 19.8 Å². The molecule has 5 heteroatoms. The van der Waals surface area contributed by atoms with Crippen LogP contribution in [0.15, 0.2) is 0 Å². The number of likely N-dealkylation sites (tertiary alicyclic amines) is 1. The number of carbonyl (C=O) groups is 2. The molecule has 0 spiro atoms. The molecule has 5 nitrogen and oxygen atoms in total. The van der Waals surface area contributed by atoms with Crippen molar-refractivity contribution in [2.75, 3.05) is 33.9 Å². The van der Waals surface area contributed by atoms with Crippen molar-refractivity contribution >= 4 is 11.9 Å². The standard InChI is InChI=1S/C12H21NO4/c1-9(11(14)16-2)8-13-6-4-10(5-7-13)12(15)17-3/h9-10H,4-8H2,1-3H3. The van der Waals surface area contributed by atoms with Crippen LogP contribution in [0, 0.1) is 11.8 Å². The highest BCUT2D eigenvalue weighted by Crippen LogP contribution is 2.19. The second kappa shape index (κ2) is 6.59. The van der Waals surface area contributed by atoms with Crippen molar-refractivity contribution < 1.29 is 19.1 Å². The van der Waals surface area contributed by atoms with Crippen molar-refractivity contribution in [1.29, 1.82) is 0 Å². The van der Waals surface area contributed by atoms with Gasteiger partial charge in [-0.1, -0.05) is 6.92 Å². The van der Waals surface area contributed by atoms with E-state index in [1.165, 1.54) is 14.2 Å². The number of piperidine rings is 1. The van der Waals surface area contributed by atoms with E-state index in [0.717, 1.165) is 25.9 Å². The molecule has 17 heavy (non-hydrogen) atoms. The van der Waals surface area contributed by atoms with Gasteiger partial charge in [0, 0.05) is 6.54 Å². The van der Waals surface area contributed by atoms with Crippen LogP contribution in [0.25, 0.3) is 0 Å². The molecule has 1 aliphatic rings. The Bertz CT molecular complexity index is 272. The number of ether oxygens (including phenoxy) is 2. The summed E-state index contributed by atoms with van der Waals surface area (Å²) in [4.78, 5) is 24.8. The highest BCUT2D eigenvalue weighted by atomic mass is 16.5. The minimum absolute atomic E-state index is 0.0182. The second-order valence-corrected chi connectivity index (χ2v) is 4.52. The van der Waals surface area contributed by atoms with Crippen molar-refractivity contribution in [3.63, 3.8) is 0 Å². The number of carbonyl (C=O) groups excluding carboxylic acids is 2. The van der Waals surface area contributed by atoms with Crippen LogP contribution in [0.4, 0.5) is 0 Å². The average molecular weight is 243 g/mol. The van der Waals surface area contributed by atoms with E-state index in [1.807, 2.05) is 6.92 Å². The molecule has 1 fully saturated rings. The minimum atomic E-state index is -0.180. The third kappa shape index (κ3) is 4.00. The Morgan fingerprint density at radius 3 is 2.29 bits per heavy atom. The molecule has 1 unspecified atom stereocenters. The molecule has 0 radical (unpaired) electrons. The van der Waals surface area contributed by atoms with Crippen LogP contribution < -0.4 is 0 Å². The summed E-state index contributed by atoms with van der Waals surface area (Å²) in [7, 11) is 2.83. The third-order valence-electron chi connectivity index (χ3n) is 3.26. The van der Waals surface area contributed by atoms with Crippen molar-refractivity contribution in [1.82, 2.24) is 4.90 Å². The summed E-state index contributed by atoms with van der Waals surface area (Å²) in [5.74, 6) is -0.398. The third-order valence-corrected chi connectivity index (χ3v) is 3.26. The number of hydrogen-bond acceptors (Lipinski definition) is 5. The predicted molar refractivity (Wildman–Crippen MR) is 62.4 cm³/mol. The topological polar surface area (TPSA) is 55.8 Å². The molecular weight excluding hydrogens is 222 g/mol. The molecule has 0 aromatic rings. The molecule has 0 N–H and O–H groups in total. The van der Waals surface area contributed by atoms with Crippen LogP contribution in [-0.4, -0.2) is 50.7 Å². The lowest BCUT2D eigenvalue weighted by molar-refractivity contribution is -0.148. The molecule has 1 saturated heterocycles. The molecule has 1 atom stereocenters. The van der Waals surface area contributed by atoms with Gasteiger partial charge in [0.15, 0.2) is 0 Å². The first-order valence-electron chi connectivity index (χ1n) is 5.96. The Kier molecular flexibility index (Phi) is 5.41. The van der Waals surface area contributed by atoms with Gasteiger partial charge < -0.3 is 14.4 Å². The number of methoxy groups -OCH3 is 2. The van der Waals surface area contributed by atoms with Gasteiger partial charge in [-0.15, -0.1) is 0 Å². The fourth-order valence-electron chi connectivity index (χ4n) is 2.18. The summed E-state index contributed by atoms with van der Waals surface area (Å²) >= 11 is 0. The van der Waals surface area contributed by atoms with E-state index >= 15 is 0 Å². The lowest BCUT2D eigenvalue weighted by Crippen LogP contribution is -2.40. The first-order chi connectivity index (χ1) is 8.08. The first kappa shape index (κ1) is 14.0. The van der Waals surface area contributed by atoms with Crippen LogP contribution in [0.2, 0.25) is 0 Å². The van der Waals surface area contributed by atoms with Gasteiger partial charge in [-0.25, -0.2) is 0 Å². The van der Waals surface area contributed by atoms with Gasteiger partial charge in [-0.3, -0.25) is 9.59 Å². The Morgan fingerprint density at radius 2 is 1.82 bits per heavy atom. The maximum absolute atomic E-state index is 11.3. The van der Waals surface area contributed by atoms with Gasteiger partial charge in [0.2, 0.25) is 0 Å². The van der Waals surface area contributed by atoms with Gasteiger partial charge in [0.25, 0.3) is 0 Å². The SMILES string of the molecule is COC(=O)C(C)CN1CCC(C(=O)OC)CC1. The smallest absolute Gasteiger partial charge is 0.309 e. The van der Waals surface area contributed by atoms with Gasteiger partial charge in [0.1, 0.15) is 0 Å². The monoisotopic (exact) mass is 243 g/mol. The Morgan fingerprint density at radius 1 is 1.24 bits per heavy atom. The maximum Gasteiger partial charge on any atom is 0.309 e. The highest BCUT2D eigenvalue weighted by molar-refractivity contribution is 5.72. The van der Waals surface area contributed by atoms with Crippen molar-refractivity contribution in [2.24, 2.45) is 11.8 Å². The first-order valence-corrected chi connectivity index (χ1v) is 5.96. The van der Waals surface area contributed by atoms with E-state index in [2.05, 4.69) is 4.90 Å². The van der Waals surface area contributed by atoms with E-state index in [-0.39, 0.29) is 23.8 Å². The van der Waals surface area contributed by atoms with Crippen molar-refractivity contribution in [3.05, 3.63) is 0 Å². The van der Waals surface area contributed by atoms with E-state index in [0.29, 0.717) is 6.54 Å². The fourth-order valence-corrected chi connectivity index (χ4v) is 2.18. The summed E-state index contributed by atoms with van der Waals surface area (Å²) in [6.07, 6.45) is 1.61. The van der Waals surface area contributed by atoms with Crippen LogP contribution >= 0.6 is 0 Å². The van der Waals surface area contributed by atoms with E-state index in [9.17, 15) is 9.59 Å². The molecule has 0 saturated carbocycles. The number of esters is 2. The number of rotatable bonds is 4. The fraction of sp³-hybridized carbons (Fsp3) is 0.833. The quantitative estimate of drug-likeness (QED) is 0.680. The molecule has 1 heterocycles. The zero-order valence-corrected chi connectivity index (χ0v) is 10.8. The van der Waals surface area contributed by atoms with Crippen LogP contribution in [0.5, 0.6) is 0 Å². The van der Waals surface area contributed by atoms with E-state index < -0.39 is 0 Å². The molecule has 0 aromatic carbocycles. The van der Waals surface area contributed by atoms with Gasteiger partial charge in [-0.2, -0.15) is 0 Å². The summed E-state index contributed by atoms with van der Waals surface area (Å²) < 4.78 is 9.42. The summed E-state index contributed by atoms with van der Waals surface area (Å²) in [6.45, 7) is 4.22. The summed E-state index contributed by atoms with van der Waals surface area (Å²) in [6, 6.07) is 0. The molecule has 0 bridgehead atoms. The van der Waals surface area contributed by atoms with Gasteiger partial charge >= 0.3 is 11.9 Å². The zero-order valence-electron chi connectivity index (χ0n) is 10.8. The Balaban J connectivity index is 2.32. The predicted octanol–water partition coefficient (Wildman–Crippen LogP) is 0.680.